The van der Waals surface area contributed by atoms with E-state index in [9.17, 15) is 9.59 Å². The molecule has 4 nitrogen and oxygen atoms in total. The number of fused-ring (bicyclic) bond motifs is 2. The summed E-state index contributed by atoms with van der Waals surface area (Å²) in [7, 11) is 0. The predicted molar refractivity (Wildman–Crippen MR) is 96.0 cm³/mol. The highest BCUT2D eigenvalue weighted by Gasteiger charge is 2.35. The zero-order chi connectivity index (χ0) is 16.5. The second kappa shape index (κ2) is 6.79. The van der Waals surface area contributed by atoms with E-state index in [2.05, 4.69) is 5.32 Å². The van der Waals surface area contributed by atoms with Crippen LogP contribution in [0.4, 0.5) is 5.69 Å². The maximum absolute atomic E-state index is 12.7. The Kier molecular flexibility index (Phi) is 4.53. The molecule has 2 fully saturated rings. The van der Waals surface area contributed by atoms with Gasteiger partial charge in [0.15, 0.2) is 0 Å². The van der Waals surface area contributed by atoms with Crippen molar-refractivity contribution in [2.75, 3.05) is 18.4 Å². The molecule has 0 aromatic heterocycles. The van der Waals surface area contributed by atoms with E-state index >= 15 is 0 Å². The fraction of sp³-hybridized carbons (Fsp3) is 0.579. The van der Waals surface area contributed by atoms with Crippen molar-refractivity contribution in [1.29, 1.82) is 0 Å². The Balaban J connectivity index is 1.38. The minimum atomic E-state index is -0.309. The van der Waals surface area contributed by atoms with Gasteiger partial charge in [-0.1, -0.05) is 31.4 Å². The van der Waals surface area contributed by atoms with E-state index in [1.165, 1.54) is 37.4 Å². The number of carbonyl (C=O) groups excluding carboxylic acids is 2. The van der Waals surface area contributed by atoms with Crippen molar-refractivity contribution in [3.05, 3.63) is 24.3 Å². The average Bonchev–Trinajstić information content (AvgIpc) is 2.62. The van der Waals surface area contributed by atoms with Gasteiger partial charge in [-0.25, -0.2) is 0 Å². The number of nitrogens with zero attached hydrogens (tertiary/aromatic N) is 1. The molecule has 0 unspecified atom stereocenters. The Morgan fingerprint density at radius 2 is 1.96 bits per heavy atom. The maximum atomic E-state index is 12.7. The third-order valence-electron chi connectivity index (χ3n) is 5.71. The molecule has 1 N–H and O–H groups in total. The van der Waals surface area contributed by atoms with Crippen molar-refractivity contribution in [3.63, 3.8) is 0 Å². The summed E-state index contributed by atoms with van der Waals surface area (Å²) in [4.78, 5) is 28.1. The molecule has 24 heavy (non-hydrogen) atoms. The number of rotatable bonds is 2. The number of thioether (sulfide) groups is 1. The molecule has 1 saturated carbocycles. The van der Waals surface area contributed by atoms with Gasteiger partial charge in [0, 0.05) is 24.4 Å². The molecule has 128 valence electrons. The lowest BCUT2D eigenvalue weighted by molar-refractivity contribution is -0.135. The van der Waals surface area contributed by atoms with E-state index in [0.717, 1.165) is 36.0 Å². The highest BCUT2D eigenvalue weighted by Crippen LogP contribution is 2.38. The first-order valence-corrected chi connectivity index (χ1v) is 9.93. The summed E-state index contributed by atoms with van der Waals surface area (Å²) in [6, 6.07) is 7.80. The fourth-order valence-corrected chi connectivity index (χ4v) is 5.44. The molecule has 1 aliphatic carbocycles. The van der Waals surface area contributed by atoms with Crippen LogP contribution in [0.15, 0.2) is 29.2 Å². The molecule has 5 heteroatoms. The Bertz CT molecular complexity index is 648. The van der Waals surface area contributed by atoms with Crippen molar-refractivity contribution in [3.8, 4) is 0 Å². The number of amides is 2. The van der Waals surface area contributed by atoms with Crippen LogP contribution in [0.2, 0.25) is 0 Å². The highest BCUT2D eigenvalue weighted by atomic mass is 32.2. The van der Waals surface area contributed by atoms with Crippen LogP contribution in [0.1, 0.15) is 38.5 Å². The number of para-hydroxylation sites is 1. The van der Waals surface area contributed by atoms with Gasteiger partial charge < -0.3 is 10.2 Å². The van der Waals surface area contributed by atoms with Crippen LogP contribution < -0.4 is 5.32 Å². The Hall–Kier alpha value is -1.49. The van der Waals surface area contributed by atoms with E-state index in [0.29, 0.717) is 12.3 Å². The molecule has 2 amide bonds. The summed E-state index contributed by atoms with van der Waals surface area (Å²) in [5.74, 6) is 1.61. The van der Waals surface area contributed by atoms with E-state index in [-0.39, 0.29) is 17.1 Å². The van der Waals surface area contributed by atoms with Crippen molar-refractivity contribution in [1.82, 2.24) is 4.90 Å². The minimum absolute atomic E-state index is 0.0420. The summed E-state index contributed by atoms with van der Waals surface area (Å²) >= 11 is 1.52. The molecule has 3 aliphatic rings. The molecule has 1 saturated heterocycles. The quantitative estimate of drug-likeness (QED) is 0.893. The SMILES string of the molecule is O=C1Nc2ccccc2S[C@@H]1CC(=O)N1CC[C@H]2CCCC[C@@H]2C1. The lowest BCUT2D eigenvalue weighted by atomic mass is 9.75. The first kappa shape index (κ1) is 16.0. The molecule has 2 aliphatic heterocycles. The molecule has 0 radical (unpaired) electrons. The van der Waals surface area contributed by atoms with Crippen LogP contribution in [-0.4, -0.2) is 35.1 Å². The van der Waals surface area contributed by atoms with Gasteiger partial charge >= 0.3 is 0 Å². The lowest BCUT2D eigenvalue weighted by Gasteiger charge is -2.41. The highest BCUT2D eigenvalue weighted by molar-refractivity contribution is 8.01. The summed E-state index contributed by atoms with van der Waals surface area (Å²) in [6.07, 6.45) is 6.71. The Labute approximate surface area is 147 Å². The summed E-state index contributed by atoms with van der Waals surface area (Å²) in [5, 5.41) is 2.62. The molecule has 4 rings (SSSR count). The lowest BCUT2D eigenvalue weighted by Crippen LogP contribution is -2.46. The smallest absolute Gasteiger partial charge is 0.238 e. The second-order valence-electron chi connectivity index (χ2n) is 7.23. The number of anilines is 1. The number of hydrogen-bond donors (Lipinski definition) is 1. The van der Waals surface area contributed by atoms with Crippen LogP contribution in [0.5, 0.6) is 0 Å². The first-order valence-electron chi connectivity index (χ1n) is 9.05. The fourth-order valence-electron chi connectivity index (χ4n) is 4.34. The van der Waals surface area contributed by atoms with E-state index in [4.69, 9.17) is 0 Å². The predicted octanol–water partition coefficient (Wildman–Crippen LogP) is 3.53. The number of hydrogen-bond acceptors (Lipinski definition) is 3. The zero-order valence-electron chi connectivity index (χ0n) is 13.9. The molecule has 2 heterocycles. The van der Waals surface area contributed by atoms with Gasteiger partial charge in [0.2, 0.25) is 11.8 Å². The van der Waals surface area contributed by atoms with Crippen molar-refractivity contribution in [2.45, 2.75) is 48.7 Å². The molecular weight excluding hydrogens is 320 g/mol. The largest absolute Gasteiger partial charge is 0.342 e. The molecule has 1 aromatic carbocycles. The third-order valence-corrected chi connectivity index (χ3v) is 6.99. The van der Waals surface area contributed by atoms with E-state index < -0.39 is 0 Å². The second-order valence-corrected chi connectivity index (χ2v) is 8.47. The van der Waals surface area contributed by atoms with E-state index in [1.807, 2.05) is 29.2 Å². The number of benzene rings is 1. The van der Waals surface area contributed by atoms with Crippen LogP contribution in [0.25, 0.3) is 0 Å². The first-order chi connectivity index (χ1) is 11.7. The maximum Gasteiger partial charge on any atom is 0.238 e. The van der Waals surface area contributed by atoms with Crippen molar-refractivity contribution in [2.24, 2.45) is 11.8 Å². The van der Waals surface area contributed by atoms with Gasteiger partial charge in [0.25, 0.3) is 0 Å². The van der Waals surface area contributed by atoms with E-state index in [1.54, 1.807) is 0 Å². The molecular formula is C19H24N2O2S. The van der Waals surface area contributed by atoms with Gasteiger partial charge in [-0.15, -0.1) is 11.8 Å². The van der Waals surface area contributed by atoms with Crippen LogP contribution >= 0.6 is 11.8 Å². The third kappa shape index (κ3) is 3.18. The van der Waals surface area contributed by atoms with Crippen molar-refractivity contribution >= 4 is 29.3 Å². The standard InChI is InChI=1S/C19H24N2O2S/c22-18(21-10-9-13-5-1-2-6-14(13)12-21)11-17-19(23)20-15-7-3-4-8-16(15)24-17/h3-4,7-8,13-14,17H,1-2,5-6,9-12H2,(H,20,23)/t13-,14-,17-/m1/s1. The number of carbonyl (C=O) groups is 2. The van der Waals surface area contributed by atoms with Gasteiger partial charge in [-0.05, 0) is 36.8 Å². The van der Waals surface area contributed by atoms with Gasteiger partial charge in [-0.2, -0.15) is 0 Å². The normalized spacial score (nSPS) is 29.4. The molecule has 0 bridgehead atoms. The summed E-state index contributed by atoms with van der Waals surface area (Å²) in [6.45, 7) is 1.77. The van der Waals surface area contributed by atoms with Crippen LogP contribution in [-0.2, 0) is 9.59 Å². The van der Waals surface area contributed by atoms with Gasteiger partial charge in [0.1, 0.15) is 0 Å². The van der Waals surface area contributed by atoms with Crippen molar-refractivity contribution < 1.29 is 9.59 Å². The topological polar surface area (TPSA) is 49.4 Å². The average molecular weight is 344 g/mol. The van der Waals surface area contributed by atoms with Crippen LogP contribution in [0, 0.1) is 11.8 Å². The number of nitrogens with one attached hydrogen (secondary N) is 1. The number of likely N-dealkylation sites (tertiary alicyclic amines) is 1. The van der Waals surface area contributed by atoms with Gasteiger partial charge in [-0.3, -0.25) is 9.59 Å². The minimum Gasteiger partial charge on any atom is -0.342 e. The molecule has 0 spiro atoms. The zero-order valence-corrected chi connectivity index (χ0v) is 14.7. The monoisotopic (exact) mass is 344 g/mol. The van der Waals surface area contributed by atoms with Gasteiger partial charge in [0.05, 0.1) is 10.9 Å². The molecule has 1 aromatic rings. The molecule has 3 atom stereocenters. The summed E-state index contributed by atoms with van der Waals surface area (Å²) in [5.41, 5.74) is 0.860. The van der Waals surface area contributed by atoms with Crippen LogP contribution in [0.3, 0.4) is 0 Å². The Morgan fingerprint density at radius 1 is 1.17 bits per heavy atom. The Morgan fingerprint density at radius 3 is 2.83 bits per heavy atom. The number of piperidine rings is 1. The summed E-state index contributed by atoms with van der Waals surface area (Å²) < 4.78 is 0.